The lowest BCUT2D eigenvalue weighted by Gasteiger charge is -2.20. The Bertz CT molecular complexity index is 631. The molecular weight excluding hydrogens is 256 g/mol. The summed E-state index contributed by atoms with van der Waals surface area (Å²) in [4.78, 5) is 17.5. The number of allylic oxidation sites excluding steroid dienone is 2. The van der Waals surface area contributed by atoms with Crippen molar-refractivity contribution >= 4 is 5.78 Å². The number of Topliss-reactive ketones (excluding diaryl/α,β-unsaturated/α-hetero) is 1. The van der Waals surface area contributed by atoms with Crippen LogP contribution in [0.15, 0.2) is 64.9 Å². The fourth-order valence-corrected chi connectivity index (χ4v) is 1.88. The molecule has 0 N–H and O–H groups in total. The van der Waals surface area contributed by atoms with Crippen molar-refractivity contribution in [1.29, 1.82) is 0 Å². The molecule has 0 fully saturated rings. The zero-order valence-corrected chi connectivity index (χ0v) is 10.4. The molecule has 98 valence electrons. The number of rotatable bonds is 4. The van der Waals surface area contributed by atoms with E-state index in [9.17, 15) is 4.79 Å². The Morgan fingerprint density at radius 2 is 1.60 bits per heavy atom. The number of carbonyl (C=O) groups excluding carboxylic acids is 1. The number of hydrogen-bond donors (Lipinski definition) is 0. The molecule has 0 aliphatic heterocycles. The first-order valence-corrected chi connectivity index (χ1v) is 5.81. The van der Waals surface area contributed by atoms with Crippen LogP contribution in [-0.2, 0) is 0 Å². The largest absolute Gasteiger partial charge is 0.293 e. The van der Waals surface area contributed by atoms with E-state index in [0.29, 0.717) is 5.56 Å². The van der Waals surface area contributed by atoms with Gasteiger partial charge in [-0.05, 0) is 11.1 Å². The second-order valence-electron chi connectivity index (χ2n) is 4.14. The SMILES string of the molecule is [N-]=[N+]=NC1(N=[N+]=[N-])C=CC(C(=O)c2ccccc2)C=C1. The Morgan fingerprint density at radius 3 is 2.10 bits per heavy atom. The number of benzene rings is 1. The molecule has 1 aliphatic rings. The minimum absolute atomic E-state index is 0.0754. The molecule has 1 aliphatic carbocycles. The standard InChI is InChI=1S/C13H10N6O/c14-18-16-13(17-19-15)8-6-11(7-9-13)12(20)10-4-2-1-3-5-10/h1-9,11H. The van der Waals surface area contributed by atoms with Gasteiger partial charge in [0, 0.05) is 15.4 Å². The lowest BCUT2D eigenvalue weighted by molar-refractivity contribution is 0.0964. The normalized spacial score (nSPS) is 23.5. The van der Waals surface area contributed by atoms with E-state index in [4.69, 9.17) is 11.1 Å². The van der Waals surface area contributed by atoms with Crippen molar-refractivity contribution < 1.29 is 4.79 Å². The van der Waals surface area contributed by atoms with Crippen LogP contribution in [0.2, 0.25) is 0 Å². The summed E-state index contributed by atoms with van der Waals surface area (Å²) >= 11 is 0. The van der Waals surface area contributed by atoms with E-state index in [-0.39, 0.29) is 5.78 Å². The Labute approximate surface area is 114 Å². The minimum atomic E-state index is -1.41. The molecule has 0 saturated heterocycles. The van der Waals surface area contributed by atoms with Crippen molar-refractivity contribution in [2.45, 2.75) is 5.66 Å². The summed E-state index contributed by atoms with van der Waals surface area (Å²) in [6.45, 7) is 0. The molecule has 0 atom stereocenters. The molecule has 1 aromatic carbocycles. The average Bonchev–Trinajstić information content (AvgIpc) is 2.49. The third kappa shape index (κ3) is 2.70. The minimum Gasteiger partial charge on any atom is -0.293 e. The molecule has 20 heavy (non-hydrogen) atoms. The second-order valence-corrected chi connectivity index (χ2v) is 4.14. The summed E-state index contributed by atoms with van der Waals surface area (Å²) in [5.41, 5.74) is 16.2. The fraction of sp³-hybridized carbons (Fsp3) is 0.154. The third-order valence-electron chi connectivity index (χ3n) is 2.87. The van der Waals surface area contributed by atoms with Crippen LogP contribution in [0.1, 0.15) is 10.4 Å². The number of nitrogens with zero attached hydrogens (tertiary/aromatic N) is 6. The van der Waals surface area contributed by atoms with Crippen LogP contribution >= 0.6 is 0 Å². The highest BCUT2D eigenvalue weighted by Crippen LogP contribution is 2.26. The van der Waals surface area contributed by atoms with Crippen LogP contribution in [0.4, 0.5) is 0 Å². The first-order chi connectivity index (χ1) is 9.71. The van der Waals surface area contributed by atoms with Gasteiger partial charge in [-0.1, -0.05) is 64.9 Å². The molecule has 0 saturated carbocycles. The van der Waals surface area contributed by atoms with Gasteiger partial charge < -0.3 is 0 Å². The fourth-order valence-electron chi connectivity index (χ4n) is 1.88. The summed E-state index contributed by atoms with van der Waals surface area (Å²) in [5.74, 6) is -0.540. The predicted octanol–water partition coefficient (Wildman–Crippen LogP) is 3.93. The topological polar surface area (TPSA) is 115 Å². The summed E-state index contributed by atoms with van der Waals surface area (Å²) in [6.07, 6.45) is 5.99. The van der Waals surface area contributed by atoms with Gasteiger partial charge in [0.1, 0.15) is 0 Å². The van der Waals surface area contributed by atoms with E-state index in [2.05, 4.69) is 20.1 Å². The highest BCUT2D eigenvalue weighted by molar-refractivity contribution is 6.00. The molecule has 0 spiro atoms. The summed E-state index contributed by atoms with van der Waals surface area (Å²) in [7, 11) is 0. The lowest BCUT2D eigenvalue weighted by Crippen LogP contribution is -2.22. The molecule has 2 rings (SSSR count). The third-order valence-corrected chi connectivity index (χ3v) is 2.87. The number of ketones is 1. The highest BCUT2D eigenvalue weighted by Gasteiger charge is 2.27. The zero-order chi connectivity index (χ0) is 14.4. The van der Waals surface area contributed by atoms with Gasteiger partial charge in [0.2, 0.25) is 0 Å². The summed E-state index contributed by atoms with van der Waals surface area (Å²) in [5, 5.41) is 6.89. The molecule has 7 nitrogen and oxygen atoms in total. The summed E-state index contributed by atoms with van der Waals surface area (Å²) in [6, 6.07) is 8.86. The van der Waals surface area contributed by atoms with Crippen LogP contribution < -0.4 is 0 Å². The van der Waals surface area contributed by atoms with Crippen LogP contribution in [0.25, 0.3) is 20.9 Å². The van der Waals surface area contributed by atoms with Gasteiger partial charge in [-0.2, -0.15) is 0 Å². The van der Waals surface area contributed by atoms with Gasteiger partial charge in [-0.25, -0.2) is 0 Å². The predicted molar refractivity (Wildman–Crippen MR) is 73.6 cm³/mol. The maximum absolute atomic E-state index is 12.2. The molecule has 0 radical (unpaired) electrons. The first-order valence-electron chi connectivity index (χ1n) is 5.81. The van der Waals surface area contributed by atoms with Crippen LogP contribution in [-0.4, -0.2) is 11.4 Å². The smallest absolute Gasteiger partial charge is 0.173 e. The van der Waals surface area contributed by atoms with Gasteiger partial charge in [0.05, 0.1) is 5.92 Å². The van der Waals surface area contributed by atoms with Gasteiger partial charge in [0.15, 0.2) is 11.4 Å². The lowest BCUT2D eigenvalue weighted by atomic mass is 9.91. The van der Waals surface area contributed by atoms with Crippen LogP contribution in [0.3, 0.4) is 0 Å². The maximum Gasteiger partial charge on any atom is 0.173 e. The monoisotopic (exact) mass is 266 g/mol. The van der Waals surface area contributed by atoms with Gasteiger partial charge in [0.25, 0.3) is 0 Å². The Balaban J connectivity index is 2.25. The molecule has 7 heteroatoms. The molecule has 0 aromatic heterocycles. The Kier molecular flexibility index (Phi) is 3.86. The molecule has 0 bridgehead atoms. The van der Waals surface area contributed by atoms with Crippen LogP contribution in [0, 0.1) is 5.92 Å². The van der Waals surface area contributed by atoms with E-state index < -0.39 is 11.6 Å². The molecule has 0 unspecified atom stereocenters. The van der Waals surface area contributed by atoms with Crippen molar-refractivity contribution in [2.24, 2.45) is 16.1 Å². The molecule has 1 aromatic rings. The zero-order valence-electron chi connectivity index (χ0n) is 10.4. The van der Waals surface area contributed by atoms with E-state index >= 15 is 0 Å². The molecular formula is C13H10N6O. The van der Waals surface area contributed by atoms with Gasteiger partial charge in [-0.3, -0.25) is 4.79 Å². The van der Waals surface area contributed by atoms with E-state index in [1.54, 1.807) is 36.4 Å². The van der Waals surface area contributed by atoms with Crippen LogP contribution in [0.5, 0.6) is 0 Å². The Morgan fingerprint density at radius 1 is 1.05 bits per heavy atom. The Hall–Kier alpha value is -3.01. The van der Waals surface area contributed by atoms with E-state index in [0.717, 1.165) is 0 Å². The van der Waals surface area contributed by atoms with Crippen molar-refractivity contribution in [2.75, 3.05) is 0 Å². The van der Waals surface area contributed by atoms with Gasteiger partial charge >= 0.3 is 0 Å². The number of azide groups is 1. The summed E-state index contributed by atoms with van der Waals surface area (Å²) < 4.78 is 0. The average molecular weight is 266 g/mol. The second kappa shape index (κ2) is 5.75. The van der Waals surface area contributed by atoms with Crippen molar-refractivity contribution in [3.05, 3.63) is 81.1 Å². The number of hydrogen-bond acceptors (Lipinski definition) is 3. The maximum atomic E-state index is 12.2. The van der Waals surface area contributed by atoms with Crippen molar-refractivity contribution in [3.63, 3.8) is 0 Å². The quantitative estimate of drug-likeness (QED) is 0.265. The highest BCUT2D eigenvalue weighted by atomic mass is 16.1. The first kappa shape index (κ1) is 13.4. The molecule has 0 heterocycles. The molecule has 0 amide bonds. The number of carbonyl (C=O) groups is 1. The van der Waals surface area contributed by atoms with Crippen molar-refractivity contribution in [3.8, 4) is 0 Å². The van der Waals surface area contributed by atoms with E-state index in [1.165, 1.54) is 12.2 Å². The van der Waals surface area contributed by atoms with Gasteiger partial charge in [-0.15, -0.1) is 0 Å². The van der Waals surface area contributed by atoms with E-state index in [1.807, 2.05) is 6.07 Å². The van der Waals surface area contributed by atoms with Crippen molar-refractivity contribution in [1.82, 2.24) is 0 Å².